The maximum atomic E-state index is 5.54. The number of nitrogens with zero attached hydrogens (tertiary/aromatic N) is 3. The second kappa shape index (κ2) is 6.05. The van der Waals surface area contributed by atoms with Crippen LogP contribution in [0.5, 0.6) is 5.75 Å². The number of anilines is 2. The fourth-order valence-corrected chi connectivity index (χ4v) is 3.42. The minimum Gasteiger partial charge on any atom is -0.494 e. The summed E-state index contributed by atoms with van der Waals surface area (Å²) in [4.78, 5) is 13.9. The zero-order valence-corrected chi connectivity index (χ0v) is 14.2. The quantitative estimate of drug-likeness (QED) is 0.586. The molecule has 0 bridgehead atoms. The molecule has 2 aromatic heterocycles. The second-order valence-electron chi connectivity index (χ2n) is 5.35. The third kappa shape index (κ3) is 2.76. The highest BCUT2D eigenvalue weighted by atomic mass is 32.1. The van der Waals surface area contributed by atoms with Gasteiger partial charge in [0.15, 0.2) is 10.9 Å². The molecule has 0 amide bonds. The summed E-state index contributed by atoms with van der Waals surface area (Å²) in [5.74, 6) is 1.60. The third-order valence-electron chi connectivity index (χ3n) is 3.64. The molecule has 0 aliphatic heterocycles. The Morgan fingerprint density at radius 1 is 1.00 bits per heavy atom. The van der Waals surface area contributed by atoms with E-state index in [-0.39, 0.29) is 0 Å². The molecule has 5 nitrogen and oxygen atoms in total. The Bertz CT molecular complexity index is 1030. The number of thiazole rings is 1. The fraction of sp³-hybridized carbons (Fsp3) is 0.167. The molecule has 4 aromatic rings. The van der Waals surface area contributed by atoms with Gasteiger partial charge in [-0.3, -0.25) is 0 Å². The summed E-state index contributed by atoms with van der Waals surface area (Å²) in [6.45, 7) is 4.58. The van der Waals surface area contributed by atoms with Gasteiger partial charge in [-0.2, -0.15) is 0 Å². The van der Waals surface area contributed by atoms with Crippen LogP contribution in [0.15, 0.2) is 42.5 Å². The summed E-state index contributed by atoms with van der Waals surface area (Å²) >= 11 is 1.58. The molecule has 1 N–H and O–H groups in total. The lowest BCUT2D eigenvalue weighted by atomic mass is 10.3. The molecule has 2 aromatic carbocycles. The first-order chi connectivity index (χ1) is 11.7. The summed E-state index contributed by atoms with van der Waals surface area (Å²) < 4.78 is 6.62. The van der Waals surface area contributed by atoms with E-state index in [1.165, 1.54) is 0 Å². The van der Waals surface area contributed by atoms with E-state index in [0.717, 1.165) is 43.6 Å². The van der Waals surface area contributed by atoms with Gasteiger partial charge in [-0.1, -0.05) is 23.5 Å². The molecule has 0 unspecified atom stereocenters. The topological polar surface area (TPSA) is 59.9 Å². The molecule has 120 valence electrons. The summed E-state index contributed by atoms with van der Waals surface area (Å²) in [5, 5.41) is 4.10. The van der Waals surface area contributed by atoms with Crippen molar-refractivity contribution < 1.29 is 4.74 Å². The number of nitrogens with one attached hydrogen (secondary N) is 1. The summed E-state index contributed by atoms with van der Waals surface area (Å²) in [7, 11) is 0. The molecular formula is C18H16N4OS. The van der Waals surface area contributed by atoms with Gasteiger partial charge in [0, 0.05) is 0 Å². The summed E-state index contributed by atoms with van der Waals surface area (Å²) in [5.41, 5.74) is 3.55. The van der Waals surface area contributed by atoms with Crippen LogP contribution in [0.1, 0.15) is 12.6 Å². The monoisotopic (exact) mass is 336 g/mol. The number of ether oxygens (including phenoxy) is 1. The van der Waals surface area contributed by atoms with Crippen LogP contribution >= 0.6 is 11.3 Å². The van der Waals surface area contributed by atoms with Gasteiger partial charge < -0.3 is 10.1 Å². The van der Waals surface area contributed by atoms with Crippen LogP contribution in [0.3, 0.4) is 0 Å². The zero-order chi connectivity index (χ0) is 16.5. The highest BCUT2D eigenvalue weighted by molar-refractivity contribution is 7.22. The van der Waals surface area contributed by atoms with Gasteiger partial charge in [0.2, 0.25) is 0 Å². The molecule has 4 rings (SSSR count). The Morgan fingerprint density at radius 2 is 1.79 bits per heavy atom. The van der Waals surface area contributed by atoms with E-state index >= 15 is 0 Å². The highest BCUT2D eigenvalue weighted by Gasteiger charge is 2.09. The van der Waals surface area contributed by atoms with E-state index in [9.17, 15) is 0 Å². The van der Waals surface area contributed by atoms with Gasteiger partial charge >= 0.3 is 0 Å². The van der Waals surface area contributed by atoms with Gasteiger partial charge in [-0.25, -0.2) is 15.0 Å². The van der Waals surface area contributed by atoms with Crippen LogP contribution in [0.25, 0.3) is 21.3 Å². The van der Waals surface area contributed by atoms with E-state index in [1.807, 2.05) is 56.3 Å². The van der Waals surface area contributed by atoms with Crippen LogP contribution in [0.2, 0.25) is 0 Å². The van der Waals surface area contributed by atoms with E-state index in [1.54, 1.807) is 11.3 Å². The molecule has 0 spiro atoms. The van der Waals surface area contributed by atoms with Crippen molar-refractivity contribution in [3.63, 3.8) is 0 Å². The Kier molecular flexibility index (Phi) is 3.74. The smallest absolute Gasteiger partial charge is 0.189 e. The Morgan fingerprint density at radius 3 is 2.58 bits per heavy atom. The van der Waals surface area contributed by atoms with Crippen molar-refractivity contribution in [2.24, 2.45) is 0 Å². The molecule has 6 heteroatoms. The number of para-hydroxylation sites is 2. The maximum absolute atomic E-state index is 5.54. The number of aromatic nitrogens is 3. The van der Waals surface area contributed by atoms with Gasteiger partial charge in [0.1, 0.15) is 5.75 Å². The Balaban J connectivity index is 1.69. The average molecular weight is 336 g/mol. The predicted molar refractivity (Wildman–Crippen MR) is 98.3 cm³/mol. The molecule has 0 atom stereocenters. The van der Waals surface area contributed by atoms with Crippen LogP contribution in [0.4, 0.5) is 10.9 Å². The first-order valence-electron chi connectivity index (χ1n) is 7.77. The van der Waals surface area contributed by atoms with Crippen molar-refractivity contribution in [1.82, 2.24) is 15.0 Å². The number of hydrogen-bond acceptors (Lipinski definition) is 6. The van der Waals surface area contributed by atoms with E-state index in [4.69, 9.17) is 4.74 Å². The van der Waals surface area contributed by atoms with Gasteiger partial charge in [0.05, 0.1) is 33.6 Å². The van der Waals surface area contributed by atoms with Crippen molar-refractivity contribution in [2.45, 2.75) is 13.8 Å². The van der Waals surface area contributed by atoms with Crippen molar-refractivity contribution in [3.8, 4) is 5.75 Å². The van der Waals surface area contributed by atoms with Crippen molar-refractivity contribution in [1.29, 1.82) is 0 Å². The van der Waals surface area contributed by atoms with Crippen molar-refractivity contribution in [2.75, 3.05) is 11.9 Å². The first-order valence-corrected chi connectivity index (χ1v) is 8.58. The lowest BCUT2D eigenvalue weighted by molar-refractivity contribution is 0.341. The van der Waals surface area contributed by atoms with E-state index < -0.39 is 0 Å². The average Bonchev–Trinajstić information content (AvgIpc) is 2.97. The first kappa shape index (κ1) is 14.8. The van der Waals surface area contributed by atoms with E-state index in [0.29, 0.717) is 6.61 Å². The molecule has 24 heavy (non-hydrogen) atoms. The van der Waals surface area contributed by atoms with Crippen LogP contribution < -0.4 is 10.1 Å². The molecule has 0 saturated carbocycles. The highest BCUT2D eigenvalue weighted by Crippen LogP contribution is 2.31. The van der Waals surface area contributed by atoms with Gasteiger partial charge in [0.25, 0.3) is 0 Å². The summed E-state index contributed by atoms with van der Waals surface area (Å²) in [6, 6.07) is 13.8. The van der Waals surface area contributed by atoms with Crippen LogP contribution in [0, 0.1) is 6.92 Å². The summed E-state index contributed by atoms with van der Waals surface area (Å²) in [6.07, 6.45) is 0. The number of hydrogen-bond donors (Lipinski definition) is 1. The Hall–Kier alpha value is -2.73. The lowest BCUT2D eigenvalue weighted by Gasteiger charge is -2.06. The largest absolute Gasteiger partial charge is 0.494 e. The van der Waals surface area contributed by atoms with Crippen molar-refractivity contribution >= 4 is 43.5 Å². The fourth-order valence-electron chi connectivity index (χ4n) is 2.52. The van der Waals surface area contributed by atoms with Crippen LogP contribution in [-0.4, -0.2) is 21.6 Å². The van der Waals surface area contributed by atoms with Gasteiger partial charge in [-0.05, 0) is 44.2 Å². The Labute approximate surface area is 143 Å². The number of aryl methyl sites for hydroxylation is 1. The normalized spacial score (nSPS) is 11.1. The standard InChI is InChI=1S/C18H16N4OS/c1-3-23-12-8-9-15-16(10-12)24-18(21-15)22-17-11(2)19-13-6-4-5-7-14(13)20-17/h4-10H,3H2,1-2H3,(H,20,21,22). The molecule has 0 aliphatic rings. The van der Waals surface area contributed by atoms with E-state index in [2.05, 4.69) is 20.3 Å². The molecular weight excluding hydrogens is 320 g/mol. The molecule has 0 saturated heterocycles. The number of rotatable bonds is 4. The minimum atomic E-state index is 0.654. The van der Waals surface area contributed by atoms with Gasteiger partial charge in [-0.15, -0.1) is 0 Å². The molecule has 0 fully saturated rings. The minimum absolute atomic E-state index is 0.654. The molecule has 2 heterocycles. The maximum Gasteiger partial charge on any atom is 0.189 e. The number of benzene rings is 2. The number of fused-ring (bicyclic) bond motifs is 2. The third-order valence-corrected chi connectivity index (χ3v) is 4.57. The molecule has 0 aliphatic carbocycles. The van der Waals surface area contributed by atoms with Crippen LogP contribution in [-0.2, 0) is 0 Å². The predicted octanol–water partition coefficient (Wildman–Crippen LogP) is 4.69. The lowest BCUT2D eigenvalue weighted by Crippen LogP contribution is -1.99. The SMILES string of the molecule is CCOc1ccc2nc(Nc3nc4ccccc4nc3C)sc2c1. The van der Waals surface area contributed by atoms with Crippen molar-refractivity contribution in [3.05, 3.63) is 48.2 Å². The second-order valence-corrected chi connectivity index (χ2v) is 6.38. The molecule has 0 radical (unpaired) electrons. The zero-order valence-electron chi connectivity index (χ0n) is 13.4.